The predicted molar refractivity (Wildman–Crippen MR) is 77.2 cm³/mol. The van der Waals surface area contributed by atoms with E-state index >= 15 is 0 Å². The molecule has 1 saturated heterocycles. The molecule has 2 heterocycles. The molecule has 4 heteroatoms. The Balaban J connectivity index is 1.96. The molecule has 0 radical (unpaired) electrons. The first kappa shape index (κ1) is 12.4. The van der Waals surface area contributed by atoms with E-state index in [0.29, 0.717) is 5.82 Å². The highest BCUT2D eigenvalue weighted by Gasteiger charge is 2.24. The SMILES string of the molecule is CC(c1cc2ccccc2nc1N)C1CNCCO1. The Hall–Kier alpha value is -1.65. The number of rotatable bonds is 2. The first-order chi connectivity index (χ1) is 9.25. The highest BCUT2D eigenvalue weighted by molar-refractivity contribution is 5.81. The summed E-state index contributed by atoms with van der Waals surface area (Å²) in [4.78, 5) is 4.49. The number of nitrogens with one attached hydrogen (secondary N) is 1. The van der Waals surface area contributed by atoms with E-state index in [1.165, 1.54) is 0 Å². The van der Waals surface area contributed by atoms with Crippen molar-refractivity contribution in [3.8, 4) is 0 Å². The maximum Gasteiger partial charge on any atom is 0.127 e. The summed E-state index contributed by atoms with van der Waals surface area (Å²) in [6, 6.07) is 10.2. The third-order valence-corrected chi connectivity index (χ3v) is 3.79. The number of fused-ring (bicyclic) bond motifs is 1. The van der Waals surface area contributed by atoms with Crippen LogP contribution >= 0.6 is 0 Å². The molecule has 0 bridgehead atoms. The molecule has 3 rings (SSSR count). The molecule has 0 aliphatic carbocycles. The number of ether oxygens (including phenoxy) is 1. The molecule has 0 saturated carbocycles. The van der Waals surface area contributed by atoms with Crippen LogP contribution in [0.3, 0.4) is 0 Å². The summed E-state index contributed by atoms with van der Waals surface area (Å²) in [7, 11) is 0. The lowest BCUT2D eigenvalue weighted by atomic mass is 9.94. The second kappa shape index (κ2) is 5.15. The number of nitrogen functional groups attached to an aromatic ring is 1. The monoisotopic (exact) mass is 257 g/mol. The van der Waals surface area contributed by atoms with E-state index in [4.69, 9.17) is 10.5 Å². The molecule has 2 aromatic rings. The number of hydrogen-bond donors (Lipinski definition) is 2. The van der Waals surface area contributed by atoms with Gasteiger partial charge in [0.15, 0.2) is 0 Å². The average Bonchev–Trinajstić information content (AvgIpc) is 2.47. The van der Waals surface area contributed by atoms with E-state index in [-0.39, 0.29) is 12.0 Å². The average molecular weight is 257 g/mol. The molecule has 0 spiro atoms. The van der Waals surface area contributed by atoms with E-state index in [2.05, 4.69) is 29.4 Å². The van der Waals surface area contributed by atoms with Crippen molar-refractivity contribution in [2.75, 3.05) is 25.4 Å². The van der Waals surface area contributed by atoms with Gasteiger partial charge in [-0.2, -0.15) is 0 Å². The van der Waals surface area contributed by atoms with Gasteiger partial charge in [0.25, 0.3) is 0 Å². The van der Waals surface area contributed by atoms with Gasteiger partial charge in [-0.15, -0.1) is 0 Å². The van der Waals surface area contributed by atoms with Crippen LogP contribution < -0.4 is 11.1 Å². The van der Waals surface area contributed by atoms with Gasteiger partial charge < -0.3 is 15.8 Å². The largest absolute Gasteiger partial charge is 0.383 e. The molecular formula is C15H19N3O. The lowest BCUT2D eigenvalue weighted by Crippen LogP contribution is -2.41. The minimum absolute atomic E-state index is 0.166. The summed E-state index contributed by atoms with van der Waals surface area (Å²) in [6.07, 6.45) is 0.166. The molecule has 0 amide bonds. The standard InChI is InChI=1S/C15H19N3O/c1-10(14-9-17-6-7-19-14)12-8-11-4-2-3-5-13(11)18-15(12)16/h2-5,8,10,14,17H,6-7,9H2,1H3,(H2,16,18). The molecule has 1 aromatic carbocycles. The zero-order valence-electron chi connectivity index (χ0n) is 11.1. The zero-order valence-corrected chi connectivity index (χ0v) is 11.1. The predicted octanol–water partition coefficient (Wildman–Crippen LogP) is 1.91. The van der Waals surface area contributed by atoms with Gasteiger partial charge in [-0.3, -0.25) is 0 Å². The fourth-order valence-electron chi connectivity index (χ4n) is 2.62. The number of pyridine rings is 1. The first-order valence-electron chi connectivity index (χ1n) is 6.73. The Kier molecular flexibility index (Phi) is 3.36. The van der Waals surface area contributed by atoms with Crippen LogP contribution in [-0.4, -0.2) is 30.8 Å². The van der Waals surface area contributed by atoms with E-state index in [0.717, 1.165) is 36.2 Å². The molecule has 3 N–H and O–H groups in total. The number of nitrogens with two attached hydrogens (primary N) is 1. The van der Waals surface area contributed by atoms with Gasteiger partial charge in [0, 0.05) is 30.0 Å². The minimum Gasteiger partial charge on any atom is -0.383 e. The quantitative estimate of drug-likeness (QED) is 0.862. The summed E-state index contributed by atoms with van der Waals surface area (Å²) in [5, 5.41) is 4.48. The van der Waals surface area contributed by atoms with Crippen LogP contribution in [0.15, 0.2) is 30.3 Å². The molecule has 1 aliphatic heterocycles. The fraction of sp³-hybridized carbons (Fsp3) is 0.400. The summed E-state index contributed by atoms with van der Waals surface area (Å²) in [5.74, 6) is 0.852. The second-order valence-corrected chi connectivity index (χ2v) is 5.06. The van der Waals surface area contributed by atoms with Crippen LogP contribution in [0.5, 0.6) is 0 Å². The van der Waals surface area contributed by atoms with Crippen LogP contribution in [0.2, 0.25) is 0 Å². The van der Waals surface area contributed by atoms with Crippen molar-refractivity contribution in [2.24, 2.45) is 0 Å². The summed E-state index contributed by atoms with van der Waals surface area (Å²) in [6.45, 7) is 4.71. The van der Waals surface area contributed by atoms with Crippen LogP contribution in [0.25, 0.3) is 10.9 Å². The van der Waals surface area contributed by atoms with Gasteiger partial charge in [-0.25, -0.2) is 4.98 Å². The number of benzene rings is 1. The Morgan fingerprint density at radius 3 is 3.05 bits per heavy atom. The smallest absolute Gasteiger partial charge is 0.127 e. The number of hydrogen-bond acceptors (Lipinski definition) is 4. The van der Waals surface area contributed by atoms with Crippen molar-refractivity contribution in [1.29, 1.82) is 0 Å². The number of morpholine rings is 1. The number of para-hydroxylation sites is 1. The zero-order chi connectivity index (χ0) is 13.2. The fourth-order valence-corrected chi connectivity index (χ4v) is 2.62. The topological polar surface area (TPSA) is 60.2 Å². The molecule has 4 nitrogen and oxygen atoms in total. The summed E-state index contributed by atoms with van der Waals surface area (Å²) >= 11 is 0. The van der Waals surface area contributed by atoms with Gasteiger partial charge >= 0.3 is 0 Å². The molecular weight excluding hydrogens is 238 g/mol. The van der Waals surface area contributed by atoms with Gasteiger partial charge in [0.05, 0.1) is 18.2 Å². The maximum atomic E-state index is 6.11. The van der Waals surface area contributed by atoms with Crippen LogP contribution in [0.4, 0.5) is 5.82 Å². The molecule has 1 aromatic heterocycles. The molecule has 2 atom stereocenters. The highest BCUT2D eigenvalue weighted by atomic mass is 16.5. The number of aromatic nitrogens is 1. The van der Waals surface area contributed by atoms with Crippen molar-refractivity contribution >= 4 is 16.7 Å². The van der Waals surface area contributed by atoms with Gasteiger partial charge in [-0.05, 0) is 12.1 Å². The van der Waals surface area contributed by atoms with Gasteiger partial charge in [0.2, 0.25) is 0 Å². The normalized spacial score (nSPS) is 21.4. The molecule has 1 fully saturated rings. The maximum absolute atomic E-state index is 6.11. The van der Waals surface area contributed by atoms with Gasteiger partial charge in [-0.1, -0.05) is 25.1 Å². The van der Waals surface area contributed by atoms with Crippen LogP contribution in [0, 0.1) is 0 Å². The molecule has 100 valence electrons. The van der Waals surface area contributed by atoms with Crippen molar-refractivity contribution < 1.29 is 4.74 Å². The number of nitrogens with zero attached hydrogens (tertiary/aromatic N) is 1. The molecule has 1 aliphatic rings. The van der Waals surface area contributed by atoms with E-state index in [9.17, 15) is 0 Å². The molecule has 2 unspecified atom stereocenters. The molecule has 19 heavy (non-hydrogen) atoms. The van der Waals surface area contributed by atoms with Crippen LogP contribution in [0.1, 0.15) is 18.4 Å². The Morgan fingerprint density at radius 1 is 1.42 bits per heavy atom. The third-order valence-electron chi connectivity index (χ3n) is 3.79. The van der Waals surface area contributed by atoms with Crippen molar-refractivity contribution in [1.82, 2.24) is 10.3 Å². The Morgan fingerprint density at radius 2 is 2.26 bits per heavy atom. The van der Waals surface area contributed by atoms with Crippen LogP contribution in [-0.2, 0) is 4.74 Å². The first-order valence-corrected chi connectivity index (χ1v) is 6.73. The van der Waals surface area contributed by atoms with Gasteiger partial charge in [0.1, 0.15) is 5.82 Å². The lowest BCUT2D eigenvalue weighted by molar-refractivity contribution is 0.0147. The van der Waals surface area contributed by atoms with E-state index < -0.39 is 0 Å². The van der Waals surface area contributed by atoms with E-state index in [1.54, 1.807) is 0 Å². The second-order valence-electron chi connectivity index (χ2n) is 5.06. The lowest BCUT2D eigenvalue weighted by Gasteiger charge is -2.29. The van der Waals surface area contributed by atoms with Crippen molar-refractivity contribution in [2.45, 2.75) is 18.9 Å². The number of anilines is 1. The van der Waals surface area contributed by atoms with Crippen molar-refractivity contribution in [3.05, 3.63) is 35.9 Å². The summed E-state index contributed by atoms with van der Waals surface area (Å²) in [5.41, 5.74) is 8.13. The Labute approximate surface area is 113 Å². The minimum atomic E-state index is 0.166. The van der Waals surface area contributed by atoms with Crippen molar-refractivity contribution in [3.63, 3.8) is 0 Å². The summed E-state index contributed by atoms with van der Waals surface area (Å²) < 4.78 is 5.82. The van der Waals surface area contributed by atoms with E-state index in [1.807, 2.05) is 18.2 Å². The Bertz CT molecular complexity index is 579. The highest BCUT2D eigenvalue weighted by Crippen LogP contribution is 2.29. The third kappa shape index (κ3) is 2.41.